The number of hydrogen-bond acceptors (Lipinski definition) is 3. The SMILES string of the molecule is COc1ccc(CC(CC2CCC(C)(C)O2)C(=O)O)cc1. The van der Waals surface area contributed by atoms with Gasteiger partial charge in [-0.2, -0.15) is 0 Å². The molecule has 2 rings (SSSR count). The fraction of sp³-hybridized carbons (Fsp3) is 0.588. The Balaban J connectivity index is 1.97. The van der Waals surface area contributed by atoms with Crippen LogP contribution in [0.3, 0.4) is 0 Å². The zero-order valence-corrected chi connectivity index (χ0v) is 13.0. The van der Waals surface area contributed by atoms with Crippen molar-refractivity contribution in [1.82, 2.24) is 0 Å². The fourth-order valence-electron chi connectivity index (χ4n) is 2.88. The summed E-state index contributed by atoms with van der Waals surface area (Å²) in [5, 5.41) is 9.45. The topological polar surface area (TPSA) is 55.8 Å². The molecule has 1 heterocycles. The monoisotopic (exact) mass is 292 g/mol. The summed E-state index contributed by atoms with van der Waals surface area (Å²) in [6, 6.07) is 7.58. The zero-order chi connectivity index (χ0) is 15.5. The van der Waals surface area contributed by atoms with E-state index in [-0.39, 0.29) is 11.7 Å². The van der Waals surface area contributed by atoms with E-state index in [0.717, 1.165) is 24.2 Å². The second-order valence-electron chi connectivity index (χ2n) is 6.36. The van der Waals surface area contributed by atoms with Crippen molar-refractivity contribution in [2.24, 2.45) is 5.92 Å². The van der Waals surface area contributed by atoms with E-state index in [4.69, 9.17) is 9.47 Å². The third kappa shape index (κ3) is 4.46. The number of ether oxygens (including phenoxy) is 2. The maximum Gasteiger partial charge on any atom is 0.306 e. The number of carbonyl (C=O) groups is 1. The molecule has 0 amide bonds. The number of aliphatic carboxylic acids is 1. The first-order valence-electron chi connectivity index (χ1n) is 7.43. The van der Waals surface area contributed by atoms with E-state index < -0.39 is 11.9 Å². The number of carboxylic acids is 1. The van der Waals surface area contributed by atoms with Crippen molar-refractivity contribution in [3.05, 3.63) is 29.8 Å². The first-order valence-corrected chi connectivity index (χ1v) is 7.43. The maximum absolute atomic E-state index is 11.5. The van der Waals surface area contributed by atoms with Crippen LogP contribution in [-0.4, -0.2) is 29.9 Å². The van der Waals surface area contributed by atoms with Crippen LogP contribution in [-0.2, 0) is 16.0 Å². The minimum Gasteiger partial charge on any atom is -0.497 e. The predicted octanol–water partition coefficient (Wildman–Crippen LogP) is 3.29. The molecule has 0 bridgehead atoms. The molecule has 1 aliphatic rings. The highest BCUT2D eigenvalue weighted by molar-refractivity contribution is 5.70. The van der Waals surface area contributed by atoms with E-state index in [1.54, 1.807) is 7.11 Å². The summed E-state index contributed by atoms with van der Waals surface area (Å²) in [5.41, 5.74) is 0.897. The summed E-state index contributed by atoms with van der Waals surface area (Å²) in [5.74, 6) is -0.372. The fourth-order valence-corrected chi connectivity index (χ4v) is 2.88. The Kier molecular flexibility index (Phi) is 4.88. The smallest absolute Gasteiger partial charge is 0.306 e. The normalized spacial score (nSPS) is 22.0. The highest BCUT2D eigenvalue weighted by Gasteiger charge is 2.34. The lowest BCUT2D eigenvalue weighted by atomic mass is 9.92. The molecular weight excluding hydrogens is 268 g/mol. The van der Waals surface area contributed by atoms with Crippen molar-refractivity contribution in [1.29, 1.82) is 0 Å². The van der Waals surface area contributed by atoms with Crippen LogP contribution in [0.4, 0.5) is 0 Å². The number of rotatable bonds is 6. The summed E-state index contributed by atoms with van der Waals surface area (Å²) in [6.45, 7) is 4.12. The molecule has 4 heteroatoms. The highest BCUT2D eigenvalue weighted by Crippen LogP contribution is 2.33. The molecule has 1 saturated heterocycles. The second-order valence-corrected chi connectivity index (χ2v) is 6.36. The minimum atomic E-state index is -0.751. The van der Waals surface area contributed by atoms with Gasteiger partial charge in [0.1, 0.15) is 5.75 Å². The van der Waals surface area contributed by atoms with Crippen molar-refractivity contribution in [2.45, 2.75) is 51.2 Å². The van der Waals surface area contributed by atoms with Crippen molar-refractivity contribution in [3.8, 4) is 5.75 Å². The molecule has 1 aromatic rings. The molecule has 0 radical (unpaired) electrons. The van der Waals surface area contributed by atoms with Gasteiger partial charge in [-0.15, -0.1) is 0 Å². The first-order chi connectivity index (χ1) is 9.89. The van der Waals surface area contributed by atoms with Gasteiger partial charge in [-0.05, 0) is 57.2 Å². The van der Waals surface area contributed by atoms with Crippen LogP contribution in [0.25, 0.3) is 0 Å². The zero-order valence-electron chi connectivity index (χ0n) is 13.0. The molecule has 21 heavy (non-hydrogen) atoms. The molecule has 0 aromatic heterocycles. The van der Waals surface area contributed by atoms with E-state index in [1.807, 2.05) is 24.3 Å². The standard InChI is InChI=1S/C17H24O4/c1-17(2)9-8-15(21-17)11-13(16(18)19)10-12-4-6-14(20-3)7-5-12/h4-7,13,15H,8-11H2,1-3H3,(H,18,19). The largest absolute Gasteiger partial charge is 0.497 e. The van der Waals surface area contributed by atoms with Gasteiger partial charge in [0.05, 0.1) is 24.7 Å². The molecule has 0 spiro atoms. The van der Waals surface area contributed by atoms with Crippen LogP contribution in [0.2, 0.25) is 0 Å². The van der Waals surface area contributed by atoms with Crippen LogP contribution in [0.15, 0.2) is 24.3 Å². The number of benzene rings is 1. The van der Waals surface area contributed by atoms with Gasteiger partial charge in [0.25, 0.3) is 0 Å². The Bertz CT molecular complexity index is 478. The Hall–Kier alpha value is -1.55. The Morgan fingerprint density at radius 2 is 2.10 bits per heavy atom. The van der Waals surface area contributed by atoms with Crippen molar-refractivity contribution >= 4 is 5.97 Å². The number of methoxy groups -OCH3 is 1. The molecule has 1 fully saturated rings. The average Bonchev–Trinajstić information content (AvgIpc) is 2.78. The van der Waals surface area contributed by atoms with Gasteiger partial charge in [0.15, 0.2) is 0 Å². The summed E-state index contributed by atoms with van der Waals surface area (Å²) in [6.07, 6.45) is 3.09. The van der Waals surface area contributed by atoms with Crippen molar-refractivity contribution in [2.75, 3.05) is 7.11 Å². The summed E-state index contributed by atoms with van der Waals surface area (Å²) >= 11 is 0. The molecule has 0 saturated carbocycles. The third-order valence-corrected chi connectivity index (χ3v) is 4.09. The average molecular weight is 292 g/mol. The Labute approximate surface area is 126 Å². The Morgan fingerprint density at radius 1 is 1.43 bits per heavy atom. The summed E-state index contributed by atoms with van der Waals surface area (Å²) in [4.78, 5) is 11.5. The quantitative estimate of drug-likeness (QED) is 0.874. The molecule has 1 aliphatic heterocycles. The van der Waals surface area contributed by atoms with E-state index in [0.29, 0.717) is 12.8 Å². The second kappa shape index (κ2) is 6.48. The lowest BCUT2D eigenvalue weighted by Crippen LogP contribution is -2.25. The molecule has 4 nitrogen and oxygen atoms in total. The van der Waals surface area contributed by atoms with Crippen molar-refractivity contribution < 1.29 is 19.4 Å². The summed E-state index contributed by atoms with van der Waals surface area (Å²) < 4.78 is 11.0. The molecule has 0 aliphatic carbocycles. The van der Waals surface area contributed by atoms with Crippen LogP contribution in [0, 0.1) is 5.92 Å². The van der Waals surface area contributed by atoms with Gasteiger partial charge in [-0.25, -0.2) is 0 Å². The van der Waals surface area contributed by atoms with Gasteiger partial charge >= 0.3 is 5.97 Å². The molecule has 1 N–H and O–H groups in total. The van der Waals surface area contributed by atoms with E-state index in [2.05, 4.69) is 13.8 Å². The number of hydrogen-bond donors (Lipinski definition) is 1. The highest BCUT2D eigenvalue weighted by atomic mass is 16.5. The van der Waals surface area contributed by atoms with E-state index in [9.17, 15) is 9.90 Å². The van der Waals surface area contributed by atoms with Gasteiger partial charge in [0, 0.05) is 0 Å². The molecular formula is C17H24O4. The minimum absolute atomic E-state index is 0.0550. The summed E-state index contributed by atoms with van der Waals surface area (Å²) in [7, 11) is 1.62. The molecule has 116 valence electrons. The van der Waals surface area contributed by atoms with Gasteiger partial charge < -0.3 is 14.6 Å². The lowest BCUT2D eigenvalue weighted by molar-refractivity contribution is -0.143. The Morgan fingerprint density at radius 3 is 2.57 bits per heavy atom. The molecule has 2 unspecified atom stereocenters. The third-order valence-electron chi connectivity index (χ3n) is 4.09. The van der Waals surface area contributed by atoms with E-state index >= 15 is 0 Å². The van der Waals surface area contributed by atoms with Gasteiger partial charge in [-0.1, -0.05) is 12.1 Å². The number of carboxylic acid groups (broad SMARTS) is 1. The van der Waals surface area contributed by atoms with Crippen LogP contribution < -0.4 is 4.74 Å². The lowest BCUT2D eigenvalue weighted by Gasteiger charge is -2.21. The van der Waals surface area contributed by atoms with Gasteiger partial charge in [-0.3, -0.25) is 4.79 Å². The molecule has 1 aromatic carbocycles. The van der Waals surface area contributed by atoms with Crippen LogP contribution in [0.1, 0.15) is 38.7 Å². The van der Waals surface area contributed by atoms with Crippen LogP contribution >= 0.6 is 0 Å². The first kappa shape index (κ1) is 15.8. The molecule has 2 atom stereocenters. The van der Waals surface area contributed by atoms with E-state index in [1.165, 1.54) is 0 Å². The predicted molar refractivity (Wildman–Crippen MR) is 80.6 cm³/mol. The van der Waals surface area contributed by atoms with Crippen molar-refractivity contribution in [3.63, 3.8) is 0 Å². The maximum atomic E-state index is 11.5. The van der Waals surface area contributed by atoms with Gasteiger partial charge in [0.2, 0.25) is 0 Å². The van der Waals surface area contributed by atoms with Crippen LogP contribution in [0.5, 0.6) is 5.75 Å².